The zero-order valence-corrected chi connectivity index (χ0v) is 12.3. The Morgan fingerprint density at radius 2 is 1.65 bits per heavy atom. The van der Waals surface area contributed by atoms with Gasteiger partial charge < -0.3 is 15.7 Å². The fourth-order valence-corrected chi connectivity index (χ4v) is 1.84. The van der Waals surface area contributed by atoms with Gasteiger partial charge in [0.1, 0.15) is 6.04 Å². The summed E-state index contributed by atoms with van der Waals surface area (Å²) in [6.07, 6.45) is 0. The summed E-state index contributed by atoms with van der Waals surface area (Å²) < 4.78 is 0. The third-order valence-electron chi connectivity index (χ3n) is 3.04. The highest BCUT2D eigenvalue weighted by Crippen LogP contribution is 2.19. The number of carboxylic acid groups (broad SMARTS) is 1. The molecule has 0 fully saturated rings. The molecule has 0 saturated heterocycles. The summed E-state index contributed by atoms with van der Waals surface area (Å²) in [5.74, 6) is -1.04. The van der Waals surface area contributed by atoms with Crippen molar-refractivity contribution in [1.82, 2.24) is 10.6 Å². The van der Waals surface area contributed by atoms with E-state index in [9.17, 15) is 9.59 Å². The Bertz CT molecular complexity index is 466. The number of aliphatic carboxylic acids is 1. The van der Waals surface area contributed by atoms with Gasteiger partial charge in [0.25, 0.3) is 0 Å². The molecular weight excluding hydrogens is 256 g/mol. The van der Waals surface area contributed by atoms with E-state index in [-0.39, 0.29) is 6.04 Å². The number of amides is 2. The van der Waals surface area contributed by atoms with Crippen LogP contribution in [-0.4, -0.2) is 23.1 Å². The van der Waals surface area contributed by atoms with Crippen molar-refractivity contribution in [1.29, 1.82) is 0 Å². The highest BCUT2D eigenvalue weighted by atomic mass is 16.4. The second-order valence-corrected chi connectivity index (χ2v) is 5.89. The van der Waals surface area contributed by atoms with Gasteiger partial charge in [0.15, 0.2) is 0 Å². The van der Waals surface area contributed by atoms with Crippen LogP contribution in [0.4, 0.5) is 4.79 Å². The molecule has 5 nitrogen and oxygen atoms in total. The predicted octanol–water partition coefficient (Wildman–Crippen LogP) is 2.55. The van der Waals surface area contributed by atoms with Gasteiger partial charge in [-0.1, -0.05) is 51.1 Å². The Labute approximate surface area is 119 Å². The van der Waals surface area contributed by atoms with E-state index in [4.69, 9.17) is 5.11 Å². The Kier molecular flexibility index (Phi) is 5.13. The summed E-state index contributed by atoms with van der Waals surface area (Å²) in [5.41, 5.74) is 0.407. The zero-order valence-electron chi connectivity index (χ0n) is 12.3. The highest BCUT2D eigenvalue weighted by Gasteiger charge is 2.32. The molecule has 1 unspecified atom stereocenters. The Balaban J connectivity index is 2.65. The molecule has 110 valence electrons. The second-order valence-electron chi connectivity index (χ2n) is 5.89. The van der Waals surface area contributed by atoms with E-state index in [2.05, 4.69) is 10.6 Å². The van der Waals surface area contributed by atoms with Crippen LogP contribution in [0, 0.1) is 5.41 Å². The standard InChI is InChI=1S/C15H22N2O3/c1-10(11-8-6-5-7-9-11)16-14(20)17-12(13(18)19)15(2,3)4/h5-10,12H,1-4H3,(H,18,19)(H2,16,17,20)/t10?,12-/m1/s1. The fourth-order valence-electron chi connectivity index (χ4n) is 1.84. The van der Waals surface area contributed by atoms with Gasteiger partial charge in [0.2, 0.25) is 0 Å². The SMILES string of the molecule is CC(NC(=O)N[C@H](C(=O)O)C(C)(C)C)c1ccccc1. The van der Waals surface area contributed by atoms with E-state index in [1.165, 1.54) is 0 Å². The average molecular weight is 278 g/mol. The normalized spacial score (nSPS) is 14.2. The number of carbonyl (C=O) groups excluding carboxylic acids is 1. The molecule has 0 heterocycles. The van der Waals surface area contributed by atoms with Crippen LogP contribution in [-0.2, 0) is 4.79 Å². The first-order chi connectivity index (χ1) is 9.21. The van der Waals surface area contributed by atoms with E-state index < -0.39 is 23.5 Å². The molecule has 1 aromatic carbocycles. The van der Waals surface area contributed by atoms with Gasteiger partial charge in [0.05, 0.1) is 6.04 Å². The minimum atomic E-state index is -1.04. The van der Waals surface area contributed by atoms with Crippen LogP contribution in [0.3, 0.4) is 0 Å². The molecule has 0 aliphatic rings. The van der Waals surface area contributed by atoms with Crippen molar-refractivity contribution in [2.45, 2.75) is 39.8 Å². The maximum Gasteiger partial charge on any atom is 0.326 e. The summed E-state index contributed by atoms with van der Waals surface area (Å²) in [6, 6.07) is 7.88. The largest absolute Gasteiger partial charge is 0.480 e. The number of urea groups is 1. The number of carbonyl (C=O) groups is 2. The Hall–Kier alpha value is -2.04. The molecule has 20 heavy (non-hydrogen) atoms. The van der Waals surface area contributed by atoms with E-state index in [0.717, 1.165) is 5.56 Å². The van der Waals surface area contributed by atoms with Crippen molar-refractivity contribution in [2.75, 3.05) is 0 Å². The highest BCUT2D eigenvalue weighted by molar-refractivity contribution is 5.83. The number of nitrogens with one attached hydrogen (secondary N) is 2. The van der Waals surface area contributed by atoms with E-state index >= 15 is 0 Å². The first-order valence-corrected chi connectivity index (χ1v) is 6.56. The summed E-state index contributed by atoms with van der Waals surface area (Å²) in [6.45, 7) is 7.16. The molecule has 0 bridgehead atoms. The monoisotopic (exact) mass is 278 g/mol. The van der Waals surface area contributed by atoms with Crippen LogP contribution in [0.5, 0.6) is 0 Å². The lowest BCUT2D eigenvalue weighted by Crippen LogP contribution is -2.52. The summed E-state index contributed by atoms with van der Waals surface area (Å²) in [7, 11) is 0. The van der Waals surface area contributed by atoms with Crippen molar-refractivity contribution < 1.29 is 14.7 Å². The lowest BCUT2D eigenvalue weighted by atomic mass is 9.87. The molecule has 2 amide bonds. The van der Waals surface area contributed by atoms with Crippen molar-refractivity contribution in [3.8, 4) is 0 Å². The predicted molar refractivity (Wildman–Crippen MR) is 77.4 cm³/mol. The molecular formula is C15H22N2O3. The van der Waals surface area contributed by atoms with Crippen molar-refractivity contribution >= 4 is 12.0 Å². The molecule has 1 aromatic rings. The first kappa shape index (κ1) is 16.0. The molecule has 3 N–H and O–H groups in total. The number of benzene rings is 1. The molecule has 0 aromatic heterocycles. The quantitative estimate of drug-likeness (QED) is 0.792. The van der Waals surface area contributed by atoms with E-state index in [1.54, 1.807) is 20.8 Å². The molecule has 0 spiro atoms. The number of hydrogen-bond acceptors (Lipinski definition) is 2. The Morgan fingerprint density at radius 3 is 2.10 bits per heavy atom. The molecule has 0 aliphatic heterocycles. The molecule has 0 radical (unpaired) electrons. The van der Waals surface area contributed by atoms with Gasteiger partial charge in [-0.25, -0.2) is 9.59 Å². The maximum atomic E-state index is 11.9. The van der Waals surface area contributed by atoms with Crippen LogP contribution in [0.1, 0.15) is 39.3 Å². The average Bonchev–Trinajstić information content (AvgIpc) is 2.35. The summed E-state index contributed by atoms with van der Waals surface area (Å²) in [5, 5.41) is 14.4. The molecule has 0 saturated carbocycles. The third kappa shape index (κ3) is 4.57. The molecule has 1 rings (SSSR count). The number of rotatable bonds is 4. The van der Waals surface area contributed by atoms with E-state index in [0.29, 0.717) is 0 Å². The fraction of sp³-hybridized carbons (Fsp3) is 0.467. The van der Waals surface area contributed by atoms with Crippen molar-refractivity contribution in [3.63, 3.8) is 0 Å². The topological polar surface area (TPSA) is 78.4 Å². The zero-order chi connectivity index (χ0) is 15.3. The Morgan fingerprint density at radius 1 is 1.10 bits per heavy atom. The lowest BCUT2D eigenvalue weighted by Gasteiger charge is -2.28. The molecule has 5 heteroatoms. The second kappa shape index (κ2) is 6.41. The molecule has 2 atom stereocenters. The minimum Gasteiger partial charge on any atom is -0.480 e. The van der Waals surface area contributed by atoms with Crippen molar-refractivity contribution in [2.24, 2.45) is 5.41 Å². The van der Waals surface area contributed by atoms with E-state index in [1.807, 2.05) is 37.3 Å². The minimum absolute atomic E-state index is 0.189. The van der Waals surface area contributed by atoms with Gasteiger partial charge in [-0.15, -0.1) is 0 Å². The van der Waals surface area contributed by atoms with Crippen LogP contribution >= 0.6 is 0 Å². The van der Waals surface area contributed by atoms with Gasteiger partial charge in [-0.05, 0) is 17.9 Å². The van der Waals surface area contributed by atoms with Crippen LogP contribution < -0.4 is 10.6 Å². The van der Waals surface area contributed by atoms with Gasteiger partial charge in [-0.3, -0.25) is 0 Å². The number of carboxylic acids is 1. The summed E-state index contributed by atoms with van der Waals surface area (Å²) in [4.78, 5) is 23.1. The van der Waals surface area contributed by atoms with Crippen LogP contribution in [0.15, 0.2) is 30.3 Å². The molecule has 0 aliphatic carbocycles. The number of hydrogen-bond donors (Lipinski definition) is 3. The van der Waals surface area contributed by atoms with Gasteiger partial charge >= 0.3 is 12.0 Å². The lowest BCUT2D eigenvalue weighted by molar-refractivity contribution is -0.141. The van der Waals surface area contributed by atoms with Crippen LogP contribution in [0.25, 0.3) is 0 Å². The smallest absolute Gasteiger partial charge is 0.326 e. The maximum absolute atomic E-state index is 11.9. The first-order valence-electron chi connectivity index (χ1n) is 6.56. The van der Waals surface area contributed by atoms with Crippen molar-refractivity contribution in [3.05, 3.63) is 35.9 Å². The van der Waals surface area contributed by atoms with Gasteiger partial charge in [-0.2, -0.15) is 0 Å². The third-order valence-corrected chi connectivity index (χ3v) is 3.04. The van der Waals surface area contributed by atoms with Gasteiger partial charge in [0, 0.05) is 0 Å². The summed E-state index contributed by atoms with van der Waals surface area (Å²) >= 11 is 0. The van der Waals surface area contributed by atoms with Crippen LogP contribution in [0.2, 0.25) is 0 Å².